The van der Waals surface area contributed by atoms with Crippen molar-refractivity contribution in [1.29, 1.82) is 0 Å². The van der Waals surface area contributed by atoms with Crippen LogP contribution in [0.3, 0.4) is 0 Å². The highest BCUT2D eigenvalue weighted by Gasteiger charge is 2.19. The molecule has 2 atom stereocenters. The fourth-order valence-corrected chi connectivity index (χ4v) is 5.38. The number of aromatic nitrogens is 7. The first-order valence-electron chi connectivity index (χ1n) is 15.5. The number of para-hydroxylation sites is 1. The Balaban J connectivity index is 0.000000152. The molecule has 2 aliphatic heterocycles. The molecule has 7 heterocycles. The van der Waals surface area contributed by atoms with Crippen LogP contribution in [-0.4, -0.2) is 72.1 Å². The van der Waals surface area contributed by atoms with E-state index in [-0.39, 0.29) is 24.0 Å². The quantitative estimate of drug-likeness (QED) is 0.163. The van der Waals surface area contributed by atoms with Crippen molar-refractivity contribution >= 4 is 40.3 Å². The van der Waals surface area contributed by atoms with Crippen molar-refractivity contribution in [3.8, 4) is 11.5 Å². The molecule has 0 saturated heterocycles. The lowest BCUT2D eigenvalue weighted by Gasteiger charge is -2.18. The van der Waals surface area contributed by atoms with Crippen LogP contribution in [0.4, 0.5) is 11.6 Å². The summed E-state index contributed by atoms with van der Waals surface area (Å²) in [5.41, 5.74) is 4.37. The third-order valence-electron chi connectivity index (χ3n) is 7.80. The Labute approximate surface area is 274 Å². The number of carbonyl (C=O) groups is 2. The number of hydrogen-bond donors (Lipinski definition) is 5. The van der Waals surface area contributed by atoms with Crippen LogP contribution in [0, 0.1) is 0 Å². The van der Waals surface area contributed by atoms with Gasteiger partial charge in [-0.1, -0.05) is 18.2 Å². The first-order chi connectivity index (χ1) is 23.4. The maximum atomic E-state index is 12.4. The predicted molar refractivity (Wildman–Crippen MR) is 177 cm³/mol. The van der Waals surface area contributed by atoms with Crippen molar-refractivity contribution in [3.05, 3.63) is 95.8 Å². The average Bonchev–Trinajstić information content (AvgIpc) is 3.72. The molecule has 244 valence electrons. The summed E-state index contributed by atoms with van der Waals surface area (Å²) in [6.07, 6.45) is 8.09. The fourth-order valence-electron chi connectivity index (χ4n) is 5.38. The summed E-state index contributed by atoms with van der Waals surface area (Å²) in [5, 5.41) is 16.4. The Morgan fingerprint density at radius 3 is 2.65 bits per heavy atom. The van der Waals surface area contributed by atoms with Crippen molar-refractivity contribution in [3.63, 3.8) is 0 Å². The topological polar surface area (TPSA) is 185 Å². The molecule has 0 saturated carbocycles. The van der Waals surface area contributed by atoms with Crippen LogP contribution in [0.25, 0.3) is 16.8 Å². The third kappa shape index (κ3) is 6.38. The Bertz CT molecular complexity index is 2110. The lowest BCUT2D eigenvalue weighted by Crippen LogP contribution is -2.33. The Morgan fingerprint density at radius 2 is 1.73 bits per heavy atom. The van der Waals surface area contributed by atoms with Crippen molar-refractivity contribution in [2.45, 2.75) is 32.5 Å². The first kappa shape index (κ1) is 30.4. The maximum Gasteiger partial charge on any atom is 0.256 e. The molecule has 15 heteroatoms. The van der Waals surface area contributed by atoms with Gasteiger partial charge in [0.2, 0.25) is 0 Å². The molecule has 6 aromatic rings. The number of pyridine rings is 1. The minimum absolute atomic E-state index is 0.0141. The van der Waals surface area contributed by atoms with E-state index < -0.39 is 0 Å². The van der Waals surface area contributed by atoms with E-state index in [2.05, 4.69) is 51.3 Å². The molecule has 1 aromatic carbocycles. The van der Waals surface area contributed by atoms with Crippen LogP contribution in [-0.2, 0) is 6.54 Å². The van der Waals surface area contributed by atoms with E-state index in [9.17, 15) is 9.59 Å². The number of benzene rings is 1. The number of hydrogen-bond acceptors (Lipinski definition) is 11. The highest BCUT2D eigenvalue weighted by molar-refractivity contribution is 6.04. The fraction of sp³-hybridized carbons (Fsp3) is 0.242. The van der Waals surface area contributed by atoms with Gasteiger partial charge >= 0.3 is 0 Å². The van der Waals surface area contributed by atoms with Gasteiger partial charge in [0.25, 0.3) is 11.8 Å². The molecule has 0 spiro atoms. The molecule has 2 unspecified atom stereocenters. The number of nitrogens with one attached hydrogen (secondary N) is 5. The van der Waals surface area contributed by atoms with Crippen LogP contribution in [0.1, 0.15) is 51.9 Å². The SMILES string of the molecule is CC1CNC(=O)c2cnn3ccc(nc23)NCc2ncccc2O1.CC1Nc2cnc3[nH]cc(c3n2)C(=O)NCCOc2ccccc21. The second-order valence-corrected chi connectivity index (χ2v) is 11.2. The molecule has 0 aliphatic carbocycles. The van der Waals surface area contributed by atoms with Crippen LogP contribution in [0.15, 0.2) is 73.4 Å². The van der Waals surface area contributed by atoms with Gasteiger partial charge in [0.15, 0.2) is 11.3 Å². The Hall–Kier alpha value is -6.25. The Morgan fingerprint density at radius 1 is 0.875 bits per heavy atom. The summed E-state index contributed by atoms with van der Waals surface area (Å²) in [7, 11) is 0. The van der Waals surface area contributed by atoms with Crippen molar-refractivity contribution in [2.75, 3.05) is 30.3 Å². The smallest absolute Gasteiger partial charge is 0.256 e. The summed E-state index contributed by atoms with van der Waals surface area (Å²) < 4.78 is 13.3. The van der Waals surface area contributed by atoms with Crippen LogP contribution < -0.4 is 30.7 Å². The number of amides is 2. The van der Waals surface area contributed by atoms with Gasteiger partial charge < -0.3 is 35.7 Å². The third-order valence-corrected chi connectivity index (χ3v) is 7.80. The van der Waals surface area contributed by atoms with E-state index in [1.165, 1.54) is 6.20 Å². The second kappa shape index (κ2) is 13.2. The van der Waals surface area contributed by atoms with Gasteiger partial charge in [-0.15, -0.1) is 0 Å². The summed E-state index contributed by atoms with van der Waals surface area (Å²) in [6.45, 7) is 5.58. The molecule has 48 heavy (non-hydrogen) atoms. The van der Waals surface area contributed by atoms with Crippen molar-refractivity contribution < 1.29 is 19.1 Å². The van der Waals surface area contributed by atoms with Gasteiger partial charge in [0.1, 0.15) is 52.6 Å². The van der Waals surface area contributed by atoms with Crippen molar-refractivity contribution in [2.24, 2.45) is 0 Å². The van der Waals surface area contributed by atoms with E-state index in [1.54, 1.807) is 35.4 Å². The minimum Gasteiger partial charge on any atom is -0.491 e. The molecule has 15 nitrogen and oxygen atoms in total. The van der Waals surface area contributed by atoms with Crippen LogP contribution in [0.2, 0.25) is 0 Å². The minimum atomic E-state index is -0.226. The average molecular weight is 648 g/mol. The Kier molecular flexibility index (Phi) is 8.38. The molecule has 2 amide bonds. The number of nitrogens with zero attached hydrogens (tertiary/aromatic N) is 6. The standard InChI is InChI=1S/C17H17N5O2.C16H16N6O2/c1-10-11-4-2-3-5-13(11)24-7-6-18-17(23)12-8-19-16-15(12)22-14(21-10)9-20-16;1-10-7-19-16(23)11-8-20-22-6-4-14(21-15(11)22)18-9-12-13(24-10)3-2-5-17-12/h2-5,8-10H,6-7H2,1H3,(H,18,23)(H,19,20)(H,21,22);2-6,8,10H,7,9H2,1H3,(H,18,21)(H,19,23). The molecule has 2 aliphatic rings. The number of fused-ring (bicyclic) bond motifs is 4. The number of H-pyrrole nitrogens is 1. The summed E-state index contributed by atoms with van der Waals surface area (Å²) >= 11 is 0. The number of ether oxygens (including phenoxy) is 2. The van der Waals surface area contributed by atoms with Gasteiger partial charge in [0, 0.05) is 24.2 Å². The first-order valence-corrected chi connectivity index (χ1v) is 15.5. The number of carbonyl (C=O) groups excluding carboxylic acids is 2. The molecular weight excluding hydrogens is 614 g/mol. The lowest BCUT2D eigenvalue weighted by molar-refractivity contribution is 0.0930. The zero-order valence-electron chi connectivity index (χ0n) is 26.2. The van der Waals surface area contributed by atoms with Crippen LogP contribution >= 0.6 is 0 Å². The molecule has 5 N–H and O–H groups in total. The molecular formula is C33H33N11O4. The van der Waals surface area contributed by atoms with Gasteiger partial charge in [-0.2, -0.15) is 5.10 Å². The zero-order valence-corrected chi connectivity index (χ0v) is 26.2. The molecule has 4 bridgehead atoms. The summed E-state index contributed by atoms with van der Waals surface area (Å²) in [4.78, 5) is 45.4. The predicted octanol–water partition coefficient (Wildman–Crippen LogP) is 3.50. The van der Waals surface area contributed by atoms with E-state index >= 15 is 0 Å². The lowest BCUT2D eigenvalue weighted by atomic mass is 10.1. The molecule has 5 aromatic heterocycles. The maximum absolute atomic E-state index is 12.4. The number of anilines is 2. The highest BCUT2D eigenvalue weighted by atomic mass is 16.5. The summed E-state index contributed by atoms with van der Waals surface area (Å²) in [6, 6.07) is 13.3. The summed E-state index contributed by atoms with van der Waals surface area (Å²) in [5.74, 6) is 2.31. The van der Waals surface area contributed by atoms with E-state index in [0.717, 1.165) is 17.0 Å². The second-order valence-electron chi connectivity index (χ2n) is 11.2. The number of aromatic amines is 1. The molecule has 8 rings (SSSR count). The van der Waals surface area contributed by atoms with Gasteiger partial charge in [0.05, 0.1) is 43.6 Å². The normalized spacial score (nSPS) is 17.7. The van der Waals surface area contributed by atoms with E-state index in [1.807, 2.05) is 50.2 Å². The monoisotopic (exact) mass is 647 g/mol. The van der Waals surface area contributed by atoms with E-state index in [4.69, 9.17) is 9.47 Å². The molecule has 0 radical (unpaired) electrons. The zero-order chi connectivity index (χ0) is 33.0. The van der Waals surface area contributed by atoms with Crippen molar-refractivity contribution in [1.82, 2.24) is 45.2 Å². The van der Waals surface area contributed by atoms with Crippen LogP contribution in [0.5, 0.6) is 11.5 Å². The molecule has 0 fully saturated rings. The highest BCUT2D eigenvalue weighted by Crippen LogP contribution is 2.28. The van der Waals surface area contributed by atoms with Gasteiger partial charge in [-0.25, -0.2) is 19.5 Å². The van der Waals surface area contributed by atoms with Gasteiger partial charge in [-0.05, 0) is 38.1 Å². The van der Waals surface area contributed by atoms with Gasteiger partial charge in [-0.3, -0.25) is 14.6 Å². The number of rotatable bonds is 0. The van der Waals surface area contributed by atoms with E-state index in [0.29, 0.717) is 71.6 Å². The largest absolute Gasteiger partial charge is 0.491 e.